The van der Waals surface area contributed by atoms with E-state index in [0.29, 0.717) is 17.8 Å². The molecule has 0 spiro atoms. The first-order valence-electron chi connectivity index (χ1n) is 9.46. The van der Waals surface area contributed by atoms with Crippen molar-refractivity contribution in [2.24, 2.45) is 0 Å². The van der Waals surface area contributed by atoms with Crippen LogP contribution in [0.5, 0.6) is 0 Å². The van der Waals surface area contributed by atoms with Gasteiger partial charge >= 0.3 is 0 Å². The Hall–Kier alpha value is -3.84. The number of carbonyl (C=O) groups is 1. The lowest BCUT2D eigenvalue weighted by Gasteiger charge is -2.05. The first-order chi connectivity index (χ1) is 14.8. The van der Waals surface area contributed by atoms with E-state index >= 15 is 0 Å². The third-order valence-corrected chi connectivity index (χ3v) is 5.66. The zero-order valence-electron chi connectivity index (χ0n) is 15.9. The van der Waals surface area contributed by atoms with Crippen LogP contribution in [0.3, 0.4) is 0 Å². The van der Waals surface area contributed by atoms with Gasteiger partial charge in [-0.3, -0.25) is 4.79 Å². The van der Waals surface area contributed by atoms with Crippen molar-refractivity contribution < 1.29 is 4.79 Å². The summed E-state index contributed by atoms with van der Waals surface area (Å²) in [5, 5.41) is 10.2. The van der Waals surface area contributed by atoms with Crippen molar-refractivity contribution >= 4 is 22.9 Å². The molecule has 3 aromatic heterocycles. The van der Waals surface area contributed by atoms with Crippen LogP contribution in [-0.4, -0.2) is 25.5 Å². The van der Waals surface area contributed by atoms with Crippen LogP contribution in [-0.2, 0) is 6.54 Å². The average Bonchev–Trinajstić information content (AvgIpc) is 3.46. The summed E-state index contributed by atoms with van der Waals surface area (Å²) >= 11 is 1.56. The van der Waals surface area contributed by atoms with Crippen LogP contribution >= 0.6 is 11.3 Å². The molecule has 0 aliphatic carbocycles. The van der Waals surface area contributed by atoms with Crippen molar-refractivity contribution in [3.05, 3.63) is 95.8 Å². The zero-order valence-corrected chi connectivity index (χ0v) is 16.7. The molecule has 7 heteroatoms. The molecule has 0 aliphatic rings. The molecule has 30 heavy (non-hydrogen) atoms. The van der Waals surface area contributed by atoms with Crippen molar-refractivity contribution in [1.29, 1.82) is 0 Å². The summed E-state index contributed by atoms with van der Waals surface area (Å²) in [5.41, 5.74) is 4.74. The predicted octanol–water partition coefficient (Wildman–Crippen LogP) is 4.45. The number of aromatic nitrogens is 4. The highest BCUT2D eigenvalue weighted by Crippen LogP contribution is 2.23. The van der Waals surface area contributed by atoms with Gasteiger partial charge in [-0.1, -0.05) is 60.7 Å². The predicted molar refractivity (Wildman–Crippen MR) is 117 cm³/mol. The fourth-order valence-electron chi connectivity index (χ4n) is 3.25. The first kappa shape index (κ1) is 18.2. The van der Waals surface area contributed by atoms with Gasteiger partial charge in [0.1, 0.15) is 10.6 Å². The number of hydrogen-bond acceptors (Lipinski definition) is 5. The largest absolute Gasteiger partial charge is 0.346 e. The maximum absolute atomic E-state index is 12.8. The summed E-state index contributed by atoms with van der Waals surface area (Å²) in [6.45, 7) is 0.345. The van der Waals surface area contributed by atoms with E-state index in [4.69, 9.17) is 0 Å². The lowest BCUT2D eigenvalue weighted by Crippen LogP contribution is -2.23. The molecule has 0 radical (unpaired) electrons. The SMILES string of the molecule is O=C(NCc1csc(-c2ccccc2)n1)c1cnn2c(-c3ccccc3)ccnc12. The number of amides is 1. The van der Waals surface area contributed by atoms with Crippen LogP contribution < -0.4 is 5.32 Å². The van der Waals surface area contributed by atoms with Gasteiger partial charge in [0.2, 0.25) is 0 Å². The Morgan fingerprint density at radius 2 is 1.70 bits per heavy atom. The fraction of sp³-hybridized carbons (Fsp3) is 0.0435. The molecule has 6 nitrogen and oxygen atoms in total. The smallest absolute Gasteiger partial charge is 0.257 e. The van der Waals surface area contributed by atoms with E-state index in [-0.39, 0.29) is 5.91 Å². The van der Waals surface area contributed by atoms with E-state index in [0.717, 1.165) is 27.5 Å². The standard InChI is InChI=1S/C23H17N5OS/c29-22(25-13-18-15-30-23(27-18)17-9-5-2-6-10-17)19-14-26-28-20(11-12-24-21(19)28)16-7-3-1-4-8-16/h1-12,14-15H,13H2,(H,25,29). The Kier molecular flexibility index (Phi) is 4.78. The quantitative estimate of drug-likeness (QED) is 0.464. The molecule has 5 rings (SSSR count). The van der Waals surface area contributed by atoms with E-state index in [1.54, 1.807) is 28.2 Å². The Morgan fingerprint density at radius 3 is 2.47 bits per heavy atom. The molecule has 0 unspecified atom stereocenters. The molecule has 5 aromatic rings. The molecule has 0 saturated carbocycles. The molecule has 3 heterocycles. The molecule has 0 bridgehead atoms. The number of nitrogens with one attached hydrogen (secondary N) is 1. The molecule has 1 N–H and O–H groups in total. The summed E-state index contributed by atoms with van der Waals surface area (Å²) < 4.78 is 1.70. The van der Waals surface area contributed by atoms with E-state index in [9.17, 15) is 4.79 Å². The molecule has 146 valence electrons. The minimum absolute atomic E-state index is 0.225. The zero-order chi connectivity index (χ0) is 20.3. The summed E-state index contributed by atoms with van der Waals surface area (Å²) in [7, 11) is 0. The van der Waals surface area contributed by atoms with Gasteiger partial charge in [-0.2, -0.15) is 5.10 Å². The second kappa shape index (κ2) is 7.88. The minimum atomic E-state index is -0.225. The normalized spacial score (nSPS) is 10.9. The molecule has 2 aromatic carbocycles. The lowest BCUT2D eigenvalue weighted by molar-refractivity contribution is 0.0952. The van der Waals surface area contributed by atoms with Crippen molar-refractivity contribution in [1.82, 2.24) is 24.9 Å². The van der Waals surface area contributed by atoms with Crippen molar-refractivity contribution in [2.45, 2.75) is 6.54 Å². The Labute approximate surface area is 176 Å². The molecular formula is C23H17N5OS. The van der Waals surface area contributed by atoms with Crippen molar-refractivity contribution in [3.63, 3.8) is 0 Å². The van der Waals surface area contributed by atoms with E-state index in [2.05, 4.69) is 20.4 Å². The number of thiazole rings is 1. The summed E-state index contributed by atoms with van der Waals surface area (Å²) in [4.78, 5) is 21.8. The number of hydrogen-bond donors (Lipinski definition) is 1. The van der Waals surface area contributed by atoms with Gasteiger partial charge in [-0.25, -0.2) is 14.5 Å². The van der Waals surface area contributed by atoms with Crippen molar-refractivity contribution in [3.8, 4) is 21.8 Å². The number of carbonyl (C=O) groups excluding carboxylic acids is 1. The Morgan fingerprint density at radius 1 is 0.967 bits per heavy atom. The summed E-state index contributed by atoms with van der Waals surface area (Å²) in [6.07, 6.45) is 3.25. The van der Waals surface area contributed by atoms with Gasteiger partial charge in [0, 0.05) is 22.7 Å². The number of rotatable bonds is 5. The molecule has 0 saturated heterocycles. The van der Waals surface area contributed by atoms with Crippen molar-refractivity contribution in [2.75, 3.05) is 0 Å². The third-order valence-electron chi connectivity index (χ3n) is 4.72. The van der Waals surface area contributed by atoms with Gasteiger partial charge in [0.15, 0.2) is 5.65 Å². The molecule has 1 amide bonds. The number of benzene rings is 2. The fourth-order valence-corrected chi connectivity index (χ4v) is 4.07. The summed E-state index contributed by atoms with van der Waals surface area (Å²) in [5.74, 6) is -0.225. The van der Waals surface area contributed by atoms with Crippen LogP contribution in [0.2, 0.25) is 0 Å². The molecule has 0 fully saturated rings. The van der Waals surface area contributed by atoms with Gasteiger partial charge in [0.25, 0.3) is 5.91 Å². The first-order valence-corrected chi connectivity index (χ1v) is 10.3. The van der Waals surface area contributed by atoms with E-state index in [1.165, 1.54) is 0 Å². The van der Waals surface area contributed by atoms with Crippen LogP contribution in [0.4, 0.5) is 0 Å². The maximum atomic E-state index is 12.8. The molecule has 0 aliphatic heterocycles. The monoisotopic (exact) mass is 411 g/mol. The second-order valence-electron chi connectivity index (χ2n) is 6.68. The molecular weight excluding hydrogens is 394 g/mol. The second-order valence-corrected chi connectivity index (χ2v) is 7.54. The van der Waals surface area contributed by atoms with Gasteiger partial charge in [0.05, 0.1) is 24.1 Å². The Balaban J connectivity index is 1.35. The highest BCUT2D eigenvalue weighted by Gasteiger charge is 2.16. The lowest BCUT2D eigenvalue weighted by atomic mass is 10.1. The van der Waals surface area contributed by atoms with Gasteiger partial charge in [-0.05, 0) is 6.07 Å². The van der Waals surface area contributed by atoms with Crippen LogP contribution in [0.15, 0.2) is 84.5 Å². The van der Waals surface area contributed by atoms with Gasteiger partial charge < -0.3 is 5.32 Å². The highest BCUT2D eigenvalue weighted by molar-refractivity contribution is 7.13. The Bertz CT molecular complexity index is 1310. The highest BCUT2D eigenvalue weighted by atomic mass is 32.1. The molecule has 0 atom stereocenters. The van der Waals surface area contributed by atoms with Crippen LogP contribution in [0, 0.1) is 0 Å². The van der Waals surface area contributed by atoms with E-state index in [1.807, 2.05) is 72.1 Å². The number of fused-ring (bicyclic) bond motifs is 1. The minimum Gasteiger partial charge on any atom is -0.346 e. The van der Waals surface area contributed by atoms with Gasteiger partial charge in [-0.15, -0.1) is 11.3 Å². The third kappa shape index (κ3) is 3.46. The topological polar surface area (TPSA) is 72.2 Å². The van der Waals surface area contributed by atoms with Crippen LogP contribution in [0.1, 0.15) is 16.1 Å². The summed E-state index contributed by atoms with van der Waals surface area (Å²) in [6, 6.07) is 21.8. The maximum Gasteiger partial charge on any atom is 0.257 e. The average molecular weight is 411 g/mol. The van der Waals surface area contributed by atoms with Crippen LogP contribution in [0.25, 0.3) is 27.5 Å². The van der Waals surface area contributed by atoms with E-state index < -0.39 is 0 Å². The number of nitrogens with zero attached hydrogens (tertiary/aromatic N) is 4.